The molecular weight excluding hydrogens is 256 g/mol. The molecule has 0 fully saturated rings. The lowest BCUT2D eigenvalue weighted by molar-refractivity contribution is 0.469. The average Bonchev–Trinajstić information content (AvgIpc) is 2.41. The van der Waals surface area contributed by atoms with E-state index in [-0.39, 0.29) is 0 Å². The van der Waals surface area contributed by atoms with Crippen molar-refractivity contribution >= 4 is 11.6 Å². The summed E-state index contributed by atoms with van der Waals surface area (Å²) in [4.78, 5) is 0. The fourth-order valence-corrected chi connectivity index (χ4v) is 2.17. The van der Waals surface area contributed by atoms with Crippen molar-refractivity contribution < 1.29 is 4.74 Å². The van der Waals surface area contributed by atoms with E-state index in [2.05, 4.69) is 19.9 Å². The molecular formula is C17H19ClO. The Hall–Kier alpha value is -1.47. The van der Waals surface area contributed by atoms with Crippen molar-refractivity contribution in [1.82, 2.24) is 0 Å². The number of hydrogen-bond acceptors (Lipinski definition) is 1. The van der Waals surface area contributed by atoms with Crippen LogP contribution in [0.4, 0.5) is 0 Å². The molecule has 0 amide bonds. The van der Waals surface area contributed by atoms with Crippen LogP contribution >= 0.6 is 11.6 Å². The van der Waals surface area contributed by atoms with Gasteiger partial charge >= 0.3 is 0 Å². The summed E-state index contributed by atoms with van der Waals surface area (Å²) in [6, 6.07) is 14.3. The Balaban J connectivity index is 2.36. The number of alkyl halides is 1. The van der Waals surface area contributed by atoms with Crippen LogP contribution in [0.5, 0.6) is 11.5 Å². The van der Waals surface area contributed by atoms with Crippen molar-refractivity contribution in [3.05, 3.63) is 59.2 Å². The number of hydrogen-bond donors (Lipinski definition) is 0. The molecule has 2 heteroatoms. The molecule has 0 radical (unpaired) electrons. The number of ether oxygens (including phenoxy) is 1. The van der Waals surface area contributed by atoms with E-state index in [9.17, 15) is 0 Å². The second-order valence-electron chi connectivity index (χ2n) is 5.03. The minimum absolute atomic E-state index is 0.438. The van der Waals surface area contributed by atoms with E-state index in [1.165, 1.54) is 5.56 Å². The van der Waals surface area contributed by atoms with Crippen LogP contribution in [-0.4, -0.2) is 0 Å². The molecule has 0 N–H and O–H groups in total. The van der Waals surface area contributed by atoms with E-state index in [1.807, 2.05) is 43.3 Å². The maximum absolute atomic E-state index is 6.09. The third-order valence-electron chi connectivity index (χ3n) is 3.17. The SMILES string of the molecule is Cc1ccc(CCl)cc1Oc1ccccc1C(C)C. The number of benzene rings is 2. The lowest BCUT2D eigenvalue weighted by atomic mass is 10.0. The highest BCUT2D eigenvalue weighted by Crippen LogP contribution is 2.32. The molecule has 19 heavy (non-hydrogen) atoms. The zero-order valence-electron chi connectivity index (χ0n) is 11.6. The second kappa shape index (κ2) is 6.12. The van der Waals surface area contributed by atoms with E-state index in [0.29, 0.717) is 11.8 Å². The summed E-state index contributed by atoms with van der Waals surface area (Å²) in [5, 5.41) is 0. The van der Waals surface area contributed by atoms with Gasteiger partial charge in [-0.3, -0.25) is 0 Å². The Morgan fingerprint density at radius 2 is 1.79 bits per heavy atom. The predicted octanol–water partition coefficient (Wildman–Crippen LogP) is 5.65. The van der Waals surface area contributed by atoms with E-state index < -0.39 is 0 Å². The van der Waals surface area contributed by atoms with Gasteiger partial charge in [0.1, 0.15) is 11.5 Å². The third-order valence-corrected chi connectivity index (χ3v) is 3.48. The summed E-state index contributed by atoms with van der Waals surface area (Å²) in [5.41, 5.74) is 3.41. The van der Waals surface area contributed by atoms with Crippen LogP contribution in [0, 0.1) is 6.92 Å². The van der Waals surface area contributed by atoms with Crippen molar-refractivity contribution in [1.29, 1.82) is 0 Å². The van der Waals surface area contributed by atoms with Gasteiger partial charge in [-0.05, 0) is 41.7 Å². The lowest BCUT2D eigenvalue weighted by Crippen LogP contribution is -1.95. The van der Waals surface area contributed by atoms with Crippen LogP contribution in [0.2, 0.25) is 0 Å². The fourth-order valence-electron chi connectivity index (χ4n) is 2.01. The molecule has 0 saturated heterocycles. The molecule has 100 valence electrons. The molecule has 0 unspecified atom stereocenters. The second-order valence-corrected chi connectivity index (χ2v) is 5.30. The predicted molar refractivity (Wildman–Crippen MR) is 81.3 cm³/mol. The summed E-state index contributed by atoms with van der Waals surface area (Å²) in [7, 11) is 0. The normalized spacial score (nSPS) is 10.8. The highest BCUT2D eigenvalue weighted by molar-refractivity contribution is 6.17. The van der Waals surface area contributed by atoms with E-state index in [0.717, 1.165) is 22.6 Å². The molecule has 0 heterocycles. The first-order valence-electron chi connectivity index (χ1n) is 6.54. The first-order valence-corrected chi connectivity index (χ1v) is 7.07. The first-order chi connectivity index (χ1) is 9.11. The summed E-state index contributed by atoms with van der Waals surface area (Å²) in [5.74, 6) is 2.74. The minimum Gasteiger partial charge on any atom is -0.457 e. The molecule has 0 bridgehead atoms. The molecule has 0 atom stereocenters. The van der Waals surface area contributed by atoms with Gasteiger partial charge in [0, 0.05) is 5.88 Å². The first kappa shape index (κ1) is 14.0. The molecule has 2 aromatic rings. The summed E-state index contributed by atoms with van der Waals surface area (Å²) in [6.07, 6.45) is 0. The topological polar surface area (TPSA) is 9.23 Å². The fraction of sp³-hybridized carbons (Fsp3) is 0.294. The maximum atomic E-state index is 6.09. The van der Waals surface area contributed by atoms with Crippen LogP contribution in [0.15, 0.2) is 42.5 Å². The van der Waals surface area contributed by atoms with E-state index in [1.54, 1.807) is 0 Å². The highest BCUT2D eigenvalue weighted by Gasteiger charge is 2.09. The van der Waals surface area contributed by atoms with Crippen molar-refractivity contribution in [2.45, 2.75) is 32.6 Å². The molecule has 0 aliphatic heterocycles. The number of aryl methyl sites for hydroxylation is 1. The number of para-hydroxylation sites is 1. The Kier molecular flexibility index (Phi) is 4.49. The number of halogens is 1. The summed E-state index contributed by atoms with van der Waals surface area (Å²) in [6.45, 7) is 6.39. The molecule has 0 saturated carbocycles. The molecule has 2 rings (SSSR count). The molecule has 0 spiro atoms. The van der Waals surface area contributed by atoms with Gasteiger partial charge in [-0.25, -0.2) is 0 Å². The molecule has 1 nitrogen and oxygen atoms in total. The highest BCUT2D eigenvalue weighted by atomic mass is 35.5. The van der Waals surface area contributed by atoms with Crippen LogP contribution < -0.4 is 4.74 Å². The van der Waals surface area contributed by atoms with Crippen molar-refractivity contribution in [3.8, 4) is 11.5 Å². The van der Waals surface area contributed by atoms with Gasteiger partial charge in [-0.1, -0.05) is 44.2 Å². The summed E-state index contributed by atoms with van der Waals surface area (Å²) >= 11 is 5.88. The third kappa shape index (κ3) is 3.30. The Morgan fingerprint density at radius 1 is 1.05 bits per heavy atom. The van der Waals surface area contributed by atoms with Gasteiger partial charge in [0.2, 0.25) is 0 Å². The van der Waals surface area contributed by atoms with Gasteiger partial charge in [0.15, 0.2) is 0 Å². The monoisotopic (exact) mass is 274 g/mol. The maximum Gasteiger partial charge on any atom is 0.130 e. The Morgan fingerprint density at radius 3 is 2.47 bits per heavy atom. The summed E-state index contributed by atoms with van der Waals surface area (Å²) < 4.78 is 6.09. The minimum atomic E-state index is 0.438. The number of rotatable bonds is 4. The molecule has 0 aromatic heterocycles. The van der Waals surface area contributed by atoms with Gasteiger partial charge in [-0.2, -0.15) is 0 Å². The van der Waals surface area contributed by atoms with Gasteiger partial charge in [0.25, 0.3) is 0 Å². The van der Waals surface area contributed by atoms with Gasteiger partial charge in [-0.15, -0.1) is 11.6 Å². The van der Waals surface area contributed by atoms with Gasteiger partial charge in [0.05, 0.1) is 0 Å². The molecule has 2 aromatic carbocycles. The molecule has 0 aliphatic rings. The van der Waals surface area contributed by atoms with Crippen molar-refractivity contribution in [2.75, 3.05) is 0 Å². The van der Waals surface area contributed by atoms with Crippen LogP contribution in [0.3, 0.4) is 0 Å². The van der Waals surface area contributed by atoms with E-state index in [4.69, 9.17) is 16.3 Å². The quantitative estimate of drug-likeness (QED) is 0.655. The lowest BCUT2D eigenvalue weighted by Gasteiger charge is -2.15. The van der Waals surface area contributed by atoms with Crippen LogP contribution in [0.25, 0.3) is 0 Å². The van der Waals surface area contributed by atoms with Crippen LogP contribution in [-0.2, 0) is 5.88 Å². The smallest absolute Gasteiger partial charge is 0.130 e. The zero-order chi connectivity index (χ0) is 13.8. The van der Waals surface area contributed by atoms with Gasteiger partial charge < -0.3 is 4.74 Å². The van der Waals surface area contributed by atoms with Crippen LogP contribution in [0.1, 0.15) is 36.5 Å². The Labute approximate surface area is 120 Å². The van der Waals surface area contributed by atoms with E-state index >= 15 is 0 Å². The standard InChI is InChI=1S/C17H19ClO/c1-12(2)15-6-4-5-7-16(15)19-17-10-14(11-18)9-8-13(17)3/h4-10,12H,11H2,1-3H3. The van der Waals surface area contributed by atoms with Crippen molar-refractivity contribution in [3.63, 3.8) is 0 Å². The Bertz CT molecular complexity index is 561. The average molecular weight is 275 g/mol. The molecule has 0 aliphatic carbocycles. The van der Waals surface area contributed by atoms with Crippen molar-refractivity contribution in [2.24, 2.45) is 0 Å². The largest absolute Gasteiger partial charge is 0.457 e. The zero-order valence-corrected chi connectivity index (χ0v) is 12.4.